The maximum atomic E-state index is 13.8. The molecular weight excluding hydrogens is 650 g/mol. The van der Waals surface area contributed by atoms with Crippen molar-refractivity contribution in [1.29, 1.82) is 0 Å². The predicted octanol–water partition coefficient (Wildman–Crippen LogP) is 4.28. The lowest BCUT2D eigenvalue weighted by Crippen LogP contribution is -2.68. The number of aliphatic hydroxyl groups excluding tert-OH is 1. The Morgan fingerprint density at radius 3 is 2.41 bits per heavy atom. The molecule has 11 nitrogen and oxygen atoms in total. The molecule has 4 saturated carbocycles. The molecule has 1 heterocycles. The van der Waals surface area contributed by atoms with E-state index in [1.807, 2.05) is 0 Å². The van der Waals surface area contributed by atoms with E-state index in [0.717, 1.165) is 12.0 Å². The van der Waals surface area contributed by atoms with Gasteiger partial charge in [-0.05, 0) is 111 Å². The second kappa shape index (κ2) is 13.3. The van der Waals surface area contributed by atoms with Crippen molar-refractivity contribution >= 4 is 30.1 Å². The van der Waals surface area contributed by atoms with Gasteiger partial charge in [0.25, 0.3) is 11.8 Å². The zero-order valence-corrected chi connectivity index (χ0v) is 29.1. The number of nitrogens with one attached hydrogen (secondary N) is 2. The van der Waals surface area contributed by atoms with E-state index in [1.165, 1.54) is 0 Å². The van der Waals surface area contributed by atoms with Crippen molar-refractivity contribution in [3.05, 3.63) is 83.1 Å². The Morgan fingerprint density at radius 2 is 1.71 bits per heavy atom. The number of nitrogens with zero attached hydrogens (tertiary/aromatic N) is 1. The molecule has 0 unspecified atom stereocenters. The summed E-state index contributed by atoms with van der Waals surface area (Å²) in [7, 11) is 1.56. The normalized spacial score (nSPS) is 36.0. The number of fused-ring (bicyclic) bond motifs is 5. The molecule has 2 amide bonds. The van der Waals surface area contributed by atoms with Crippen LogP contribution in [0.2, 0.25) is 0 Å². The summed E-state index contributed by atoms with van der Waals surface area (Å²) < 4.78 is 10.5. The monoisotopic (exact) mass is 697 g/mol. The zero-order valence-electron chi connectivity index (χ0n) is 29.1. The molecule has 0 radical (unpaired) electrons. The average molecular weight is 698 g/mol. The number of benzene rings is 2. The number of rotatable bonds is 8. The molecule has 11 heteroatoms. The van der Waals surface area contributed by atoms with Crippen molar-refractivity contribution in [1.82, 2.24) is 10.7 Å². The highest BCUT2D eigenvalue weighted by Crippen LogP contribution is 2.70. The summed E-state index contributed by atoms with van der Waals surface area (Å²) in [6.45, 7) is 2.40. The molecule has 4 aliphatic carbocycles. The summed E-state index contributed by atoms with van der Waals surface area (Å²) >= 11 is 0. The molecule has 270 valence electrons. The van der Waals surface area contributed by atoms with Crippen LogP contribution >= 0.6 is 0 Å². The lowest BCUT2D eigenvalue weighted by Gasteiger charge is -2.65. The third-order valence-corrected chi connectivity index (χ3v) is 13.1. The fourth-order valence-electron chi connectivity index (χ4n) is 10.4. The number of cyclic esters (lactones) is 1. The van der Waals surface area contributed by atoms with Gasteiger partial charge in [-0.2, -0.15) is 5.10 Å². The first-order chi connectivity index (χ1) is 24.4. The van der Waals surface area contributed by atoms with Gasteiger partial charge in [0.15, 0.2) is 0 Å². The van der Waals surface area contributed by atoms with Crippen molar-refractivity contribution in [2.24, 2.45) is 33.7 Å². The van der Waals surface area contributed by atoms with E-state index in [1.54, 1.807) is 80.1 Å². The highest BCUT2D eigenvalue weighted by molar-refractivity contribution is 6.05. The highest BCUT2D eigenvalue weighted by atomic mass is 16.5. The summed E-state index contributed by atoms with van der Waals surface area (Å²) in [5, 5.41) is 43.0. The number of methoxy groups -OCH3 is 1. The fraction of sp³-hybridized carbons (Fsp3) is 0.500. The van der Waals surface area contributed by atoms with E-state index in [-0.39, 0.29) is 42.4 Å². The molecule has 7 rings (SSSR count). The van der Waals surface area contributed by atoms with Gasteiger partial charge >= 0.3 is 5.97 Å². The number of carbonyl (C=O) groups excluding carboxylic acids is 3. The van der Waals surface area contributed by atoms with Crippen LogP contribution in [0.5, 0.6) is 5.75 Å². The van der Waals surface area contributed by atoms with Gasteiger partial charge in [0.1, 0.15) is 18.1 Å². The molecular formula is C40H47N3O8. The highest BCUT2D eigenvalue weighted by Gasteiger charge is 2.71. The van der Waals surface area contributed by atoms with Crippen LogP contribution in [0.3, 0.4) is 0 Å². The predicted molar refractivity (Wildman–Crippen MR) is 189 cm³/mol. The number of esters is 1. The van der Waals surface area contributed by atoms with Crippen LogP contribution in [0.4, 0.5) is 0 Å². The van der Waals surface area contributed by atoms with E-state index < -0.39 is 40.0 Å². The minimum Gasteiger partial charge on any atom is -0.497 e. The summed E-state index contributed by atoms with van der Waals surface area (Å²) in [4.78, 5) is 38.9. The Balaban J connectivity index is 1.18. The SMILES string of the molecule is COc1ccc(/C=C(\NC(=O)c2ccccc2)C(=O)N/N=C\[C@]23CC[C@@H](O)C[C@]2(O)CC[C@@H]2[C@@H]3CC[C@]3(C)[C@H](C4=CC(=O)OC4)CC[C@]23O)cc1. The number of hydrogen-bond acceptors (Lipinski definition) is 9. The van der Waals surface area contributed by atoms with Crippen molar-refractivity contribution in [2.45, 2.75) is 82.0 Å². The van der Waals surface area contributed by atoms with Gasteiger partial charge in [0.2, 0.25) is 0 Å². The van der Waals surface area contributed by atoms with Crippen LogP contribution in [0.15, 0.2) is 77.0 Å². The first-order valence-corrected chi connectivity index (χ1v) is 18.0. The standard InChI is InChI=1S/C40H47N3O8/c1-37-16-13-31-32(40(37,49)19-15-30(37)27-21-34(45)51-23-27)14-18-39(48)22-28(44)12-17-38(31,39)24-41-43-36(47)33(20-25-8-10-29(50-2)11-9-25)42-35(46)26-6-4-3-5-7-26/h3-11,20-21,24,28,30-32,44,48-49H,12-19,22-23H2,1-2H3,(H,42,46)(H,43,47)/b33-20-,41-24-/t28-,30+,31+,32-,37-,38+,39-,40+/m1/s1. The summed E-state index contributed by atoms with van der Waals surface area (Å²) in [6.07, 6.45) is 8.86. The van der Waals surface area contributed by atoms with Gasteiger partial charge in [0, 0.05) is 35.1 Å². The maximum Gasteiger partial charge on any atom is 0.331 e. The summed E-state index contributed by atoms with van der Waals surface area (Å²) in [5.41, 5.74) is 0.863. The Labute approximate surface area is 297 Å². The van der Waals surface area contributed by atoms with Crippen LogP contribution in [-0.4, -0.2) is 70.3 Å². The third-order valence-electron chi connectivity index (χ3n) is 13.1. The maximum absolute atomic E-state index is 13.8. The van der Waals surface area contributed by atoms with E-state index in [0.29, 0.717) is 61.8 Å². The molecule has 8 atom stereocenters. The number of amides is 2. The Bertz CT molecular complexity index is 1780. The molecule has 0 bridgehead atoms. The van der Waals surface area contributed by atoms with Gasteiger partial charge in [-0.25, -0.2) is 10.2 Å². The number of hydrogen-bond donors (Lipinski definition) is 5. The van der Waals surface area contributed by atoms with Crippen LogP contribution in [-0.2, 0) is 14.3 Å². The second-order valence-electron chi connectivity index (χ2n) is 15.4. The van der Waals surface area contributed by atoms with E-state index in [4.69, 9.17) is 9.47 Å². The van der Waals surface area contributed by atoms with E-state index >= 15 is 0 Å². The van der Waals surface area contributed by atoms with Gasteiger partial charge < -0.3 is 30.1 Å². The van der Waals surface area contributed by atoms with Gasteiger partial charge in [-0.15, -0.1) is 0 Å². The second-order valence-corrected chi connectivity index (χ2v) is 15.4. The molecule has 0 spiro atoms. The molecule has 5 aliphatic rings. The largest absolute Gasteiger partial charge is 0.497 e. The first kappa shape index (κ1) is 35.1. The van der Waals surface area contributed by atoms with Crippen LogP contribution in [0.1, 0.15) is 80.6 Å². The molecule has 51 heavy (non-hydrogen) atoms. The van der Waals surface area contributed by atoms with Crippen LogP contribution < -0.4 is 15.5 Å². The van der Waals surface area contributed by atoms with Gasteiger partial charge in [0.05, 0.1) is 24.4 Å². The summed E-state index contributed by atoms with van der Waals surface area (Å²) in [5.74, 6) is -1.10. The topological polar surface area (TPSA) is 167 Å². The quantitative estimate of drug-likeness (QED) is 0.118. The fourth-order valence-corrected chi connectivity index (χ4v) is 10.4. The number of hydrazone groups is 1. The van der Waals surface area contributed by atoms with Crippen molar-refractivity contribution in [3.8, 4) is 5.75 Å². The van der Waals surface area contributed by atoms with E-state index in [2.05, 4.69) is 22.8 Å². The zero-order chi connectivity index (χ0) is 36.0. The Morgan fingerprint density at radius 1 is 0.961 bits per heavy atom. The van der Waals surface area contributed by atoms with Crippen molar-refractivity contribution in [2.75, 3.05) is 13.7 Å². The molecule has 1 aliphatic heterocycles. The lowest BCUT2D eigenvalue weighted by molar-refractivity contribution is -0.237. The molecule has 4 fully saturated rings. The van der Waals surface area contributed by atoms with Gasteiger partial charge in [-0.1, -0.05) is 37.3 Å². The number of aliphatic hydroxyl groups is 3. The molecule has 2 aromatic carbocycles. The Hall–Kier alpha value is -4.32. The molecule has 0 saturated heterocycles. The minimum absolute atomic E-state index is 0.0230. The Kier molecular flexibility index (Phi) is 9.18. The van der Waals surface area contributed by atoms with Crippen LogP contribution in [0, 0.1) is 28.6 Å². The smallest absolute Gasteiger partial charge is 0.331 e. The third kappa shape index (κ3) is 5.98. The molecule has 0 aromatic heterocycles. The number of ether oxygens (including phenoxy) is 2. The van der Waals surface area contributed by atoms with Gasteiger partial charge in [-0.3, -0.25) is 9.59 Å². The molecule has 2 aromatic rings. The van der Waals surface area contributed by atoms with Crippen molar-refractivity contribution in [3.63, 3.8) is 0 Å². The van der Waals surface area contributed by atoms with Crippen LogP contribution in [0.25, 0.3) is 6.08 Å². The lowest BCUT2D eigenvalue weighted by atomic mass is 9.41. The minimum atomic E-state index is -1.29. The first-order valence-electron chi connectivity index (χ1n) is 18.0. The average Bonchev–Trinajstić information content (AvgIpc) is 3.67. The summed E-state index contributed by atoms with van der Waals surface area (Å²) in [6, 6.07) is 15.6. The number of carbonyl (C=O) groups is 3. The van der Waals surface area contributed by atoms with Crippen molar-refractivity contribution < 1.29 is 39.2 Å². The molecule has 5 N–H and O–H groups in total. The van der Waals surface area contributed by atoms with E-state index in [9.17, 15) is 29.7 Å².